The third-order valence-corrected chi connectivity index (χ3v) is 3.85. The highest BCUT2D eigenvalue weighted by atomic mass is 15.4. The average Bonchev–Trinajstić information content (AvgIpc) is 3.20. The predicted octanol–water partition coefficient (Wildman–Crippen LogP) is -0.112. The molecule has 3 aromatic rings. The minimum absolute atomic E-state index is 0.185. The summed E-state index contributed by atoms with van der Waals surface area (Å²) in [5.74, 6) is 1.52. The molecule has 6 heteroatoms. The number of hydrogen-bond donors (Lipinski definition) is 4. The lowest BCUT2D eigenvalue weighted by molar-refractivity contribution is 0.668. The number of aromatic amines is 2. The van der Waals surface area contributed by atoms with Crippen LogP contribution in [0.15, 0.2) is 36.0 Å². The van der Waals surface area contributed by atoms with Crippen molar-refractivity contribution < 1.29 is 0 Å². The monoisotopic (exact) mass is 276 g/mol. The number of nitrogens with one attached hydrogen (secondary N) is 4. The molecule has 1 aromatic carbocycles. The Labute approximate surface area is 119 Å². The Morgan fingerprint density at radius 1 is 1.00 bits per heavy atom. The first-order chi connectivity index (χ1) is 10.4. The van der Waals surface area contributed by atoms with Gasteiger partial charge in [-0.2, -0.15) is 0 Å². The zero-order chi connectivity index (χ0) is 13.8. The lowest BCUT2D eigenvalue weighted by atomic mass is 10.1. The second kappa shape index (κ2) is 3.83. The third kappa shape index (κ3) is 1.56. The minimum atomic E-state index is 0.185. The van der Waals surface area contributed by atoms with Gasteiger partial charge in [0, 0.05) is 6.20 Å². The number of imidazole rings is 2. The van der Waals surface area contributed by atoms with Gasteiger partial charge in [0.25, 0.3) is 0 Å². The lowest BCUT2D eigenvalue weighted by Crippen LogP contribution is -2.37. The molecule has 1 unspecified atom stereocenters. The summed E-state index contributed by atoms with van der Waals surface area (Å²) in [6.07, 6.45) is 6.17. The molecule has 4 N–H and O–H groups in total. The Balaban J connectivity index is 1.70. The molecule has 0 amide bonds. The highest BCUT2D eigenvalue weighted by Crippen LogP contribution is 2.16. The summed E-state index contributed by atoms with van der Waals surface area (Å²) >= 11 is 0. The Bertz CT molecular complexity index is 973. The number of hydrogen-bond acceptors (Lipinski definition) is 4. The van der Waals surface area contributed by atoms with Crippen molar-refractivity contribution in [2.24, 2.45) is 0 Å². The van der Waals surface area contributed by atoms with Crippen LogP contribution in [0.4, 0.5) is 0 Å². The smallest absolute Gasteiger partial charge is 0.174 e. The Morgan fingerprint density at radius 2 is 1.90 bits per heavy atom. The summed E-state index contributed by atoms with van der Waals surface area (Å²) in [5.41, 5.74) is 9.34. The van der Waals surface area contributed by atoms with Gasteiger partial charge in [-0.25, -0.2) is 15.4 Å². The van der Waals surface area contributed by atoms with E-state index in [-0.39, 0.29) is 6.04 Å². The summed E-state index contributed by atoms with van der Waals surface area (Å²) in [6.45, 7) is 0. The van der Waals surface area contributed by atoms with Crippen LogP contribution in [-0.2, 0) is 0 Å². The number of para-hydroxylation sites is 2. The van der Waals surface area contributed by atoms with Gasteiger partial charge in [0.2, 0.25) is 0 Å². The lowest BCUT2D eigenvalue weighted by Gasteiger charge is -2.07. The van der Waals surface area contributed by atoms with Gasteiger partial charge in [-0.3, -0.25) is 0 Å². The number of H-pyrrole nitrogens is 2. The van der Waals surface area contributed by atoms with Crippen LogP contribution in [0.5, 0.6) is 0 Å². The molecular formula is C15H12N6. The summed E-state index contributed by atoms with van der Waals surface area (Å²) < 4.78 is 0. The van der Waals surface area contributed by atoms with Crippen molar-refractivity contribution in [1.82, 2.24) is 30.8 Å². The molecule has 5 rings (SSSR count). The van der Waals surface area contributed by atoms with Crippen LogP contribution < -0.4 is 21.5 Å². The van der Waals surface area contributed by atoms with Crippen LogP contribution in [-0.4, -0.2) is 26.0 Å². The molecule has 2 aliphatic rings. The highest BCUT2D eigenvalue weighted by molar-refractivity contribution is 5.78. The number of benzene rings is 1. The van der Waals surface area contributed by atoms with E-state index in [0.29, 0.717) is 0 Å². The van der Waals surface area contributed by atoms with E-state index in [1.165, 1.54) is 5.57 Å². The molecule has 102 valence electrons. The third-order valence-electron chi connectivity index (χ3n) is 3.85. The van der Waals surface area contributed by atoms with E-state index in [1.807, 2.05) is 30.5 Å². The first kappa shape index (κ1) is 10.9. The van der Waals surface area contributed by atoms with Crippen LogP contribution in [0.25, 0.3) is 34.8 Å². The largest absolute Gasteiger partial charge is 0.335 e. The second-order valence-electron chi connectivity index (χ2n) is 5.21. The highest BCUT2D eigenvalue weighted by Gasteiger charge is 2.19. The van der Waals surface area contributed by atoms with Crippen molar-refractivity contribution in [2.45, 2.75) is 6.04 Å². The standard InChI is InChI=1S/C15H12N6/c1-2-4-10-9(3-1)17-14(18-10)15-19-12-5-8-7-16-21-11(8)6-13(12)20-15/h1-7,11,16,21H,(H,17,18)(H,19,20). The van der Waals surface area contributed by atoms with Crippen molar-refractivity contribution in [3.8, 4) is 11.6 Å². The van der Waals surface area contributed by atoms with E-state index in [4.69, 9.17) is 0 Å². The van der Waals surface area contributed by atoms with Crippen molar-refractivity contribution in [2.75, 3.05) is 0 Å². The molecular weight excluding hydrogens is 264 g/mol. The van der Waals surface area contributed by atoms with Gasteiger partial charge in [-0.05, 0) is 29.9 Å². The van der Waals surface area contributed by atoms with Gasteiger partial charge in [0.05, 0.1) is 27.8 Å². The molecule has 1 aliphatic carbocycles. The van der Waals surface area contributed by atoms with Crippen LogP contribution >= 0.6 is 0 Å². The number of fused-ring (bicyclic) bond motifs is 3. The molecule has 1 atom stereocenters. The fourth-order valence-corrected chi connectivity index (χ4v) is 2.80. The fraction of sp³-hybridized carbons (Fsp3) is 0.0667. The van der Waals surface area contributed by atoms with Crippen molar-refractivity contribution in [1.29, 1.82) is 0 Å². The molecule has 3 heterocycles. The van der Waals surface area contributed by atoms with E-state index >= 15 is 0 Å². The maximum Gasteiger partial charge on any atom is 0.174 e. The first-order valence-electron chi connectivity index (χ1n) is 6.83. The van der Waals surface area contributed by atoms with Gasteiger partial charge in [0.15, 0.2) is 11.6 Å². The van der Waals surface area contributed by atoms with E-state index in [1.54, 1.807) is 0 Å². The maximum absolute atomic E-state index is 4.65. The molecule has 0 spiro atoms. The van der Waals surface area contributed by atoms with Crippen molar-refractivity contribution in [3.63, 3.8) is 0 Å². The topological polar surface area (TPSA) is 81.4 Å². The number of rotatable bonds is 1. The Hall–Kier alpha value is -2.86. The molecule has 0 saturated heterocycles. The summed E-state index contributed by atoms with van der Waals surface area (Å²) in [6, 6.07) is 8.16. The Morgan fingerprint density at radius 3 is 2.86 bits per heavy atom. The van der Waals surface area contributed by atoms with Gasteiger partial charge in [-0.1, -0.05) is 12.1 Å². The van der Waals surface area contributed by atoms with Gasteiger partial charge in [0.1, 0.15) is 0 Å². The Kier molecular flexibility index (Phi) is 1.98. The van der Waals surface area contributed by atoms with E-state index in [2.05, 4.69) is 42.9 Å². The fourth-order valence-electron chi connectivity index (χ4n) is 2.80. The number of nitrogens with zero attached hydrogens (tertiary/aromatic N) is 2. The summed E-state index contributed by atoms with van der Waals surface area (Å²) in [4.78, 5) is 15.9. The molecule has 6 nitrogen and oxygen atoms in total. The zero-order valence-electron chi connectivity index (χ0n) is 11.0. The molecule has 0 saturated carbocycles. The molecule has 1 aliphatic heterocycles. The van der Waals surface area contributed by atoms with E-state index in [0.717, 1.165) is 33.4 Å². The minimum Gasteiger partial charge on any atom is -0.335 e. The zero-order valence-corrected chi connectivity index (χ0v) is 11.0. The SMILES string of the molecule is C1=C2C=c3[nH]c(-c4nc5ccccc5[nH]4)nc3=CC2NN1. The first-order valence-corrected chi connectivity index (χ1v) is 6.83. The molecule has 0 radical (unpaired) electrons. The van der Waals surface area contributed by atoms with Crippen molar-refractivity contribution in [3.05, 3.63) is 46.7 Å². The quantitative estimate of drug-likeness (QED) is 0.500. The van der Waals surface area contributed by atoms with Crippen molar-refractivity contribution >= 4 is 23.2 Å². The van der Waals surface area contributed by atoms with Gasteiger partial charge in [-0.15, -0.1) is 0 Å². The maximum atomic E-state index is 4.65. The predicted molar refractivity (Wildman–Crippen MR) is 80.0 cm³/mol. The molecule has 2 aromatic heterocycles. The number of hydrazine groups is 1. The van der Waals surface area contributed by atoms with E-state index in [9.17, 15) is 0 Å². The molecule has 0 bridgehead atoms. The normalized spacial score (nSPS) is 19.2. The number of aromatic nitrogens is 4. The van der Waals surface area contributed by atoms with Crippen LogP contribution in [0, 0.1) is 0 Å². The van der Waals surface area contributed by atoms with Gasteiger partial charge >= 0.3 is 0 Å². The molecule has 21 heavy (non-hydrogen) atoms. The van der Waals surface area contributed by atoms with E-state index < -0.39 is 0 Å². The average molecular weight is 276 g/mol. The summed E-state index contributed by atoms with van der Waals surface area (Å²) in [7, 11) is 0. The second-order valence-corrected chi connectivity index (χ2v) is 5.21. The van der Waals surface area contributed by atoms with Crippen LogP contribution in [0.3, 0.4) is 0 Å². The van der Waals surface area contributed by atoms with Crippen LogP contribution in [0.1, 0.15) is 0 Å². The van der Waals surface area contributed by atoms with Gasteiger partial charge < -0.3 is 15.4 Å². The summed E-state index contributed by atoms with van der Waals surface area (Å²) in [5, 5.41) is 1.96. The molecule has 0 fully saturated rings. The van der Waals surface area contributed by atoms with Crippen LogP contribution in [0.2, 0.25) is 0 Å².